The Bertz CT molecular complexity index is 310. The molecule has 0 bridgehead atoms. The summed E-state index contributed by atoms with van der Waals surface area (Å²) in [5.41, 5.74) is 0. The van der Waals surface area contributed by atoms with Gasteiger partial charge in [-0.25, -0.2) is 8.42 Å². The highest BCUT2D eigenvalue weighted by atomic mass is 32.2. The van der Waals surface area contributed by atoms with E-state index in [1.165, 1.54) is 10.6 Å². The number of sulfonamides is 1. The van der Waals surface area contributed by atoms with E-state index in [9.17, 15) is 13.2 Å². The van der Waals surface area contributed by atoms with Crippen LogP contribution in [-0.2, 0) is 14.8 Å². The van der Waals surface area contributed by atoms with Crippen LogP contribution in [-0.4, -0.2) is 37.3 Å². The van der Waals surface area contributed by atoms with Crippen molar-refractivity contribution in [2.24, 2.45) is 0 Å². The average molecular weight is 219 g/mol. The molecule has 1 atom stereocenters. The van der Waals surface area contributed by atoms with Gasteiger partial charge in [-0.3, -0.25) is 4.79 Å². The largest absolute Gasteiger partial charge is 0.298 e. The van der Waals surface area contributed by atoms with Gasteiger partial charge in [0.2, 0.25) is 10.0 Å². The van der Waals surface area contributed by atoms with Gasteiger partial charge < -0.3 is 0 Å². The molecule has 0 saturated carbocycles. The zero-order chi connectivity index (χ0) is 10.8. The molecule has 0 aromatic carbocycles. The predicted molar refractivity (Wildman–Crippen MR) is 54.5 cm³/mol. The second kappa shape index (κ2) is 4.40. The van der Waals surface area contributed by atoms with Crippen molar-refractivity contribution in [3.05, 3.63) is 0 Å². The molecule has 0 unspecified atom stereocenters. The zero-order valence-corrected chi connectivity index (χ0v) is 9.51. The molecule has 4 nitrogen and oxygen atoms in total. The molecule has 0 N–H and O–H groups in total. The summed E-state index contributed by atoms with van der Waals surface area (Å²) < 4.78 is 24.1. The molecule has 0 aliphatic carbocycles. The molecule has 0 aromatic heterocycles. The summed E-state index contributed by atoms with van der Waals surface area (Å²) in [6, 6.07) is -0.399. The third kappa shape index (κ3) is 2.54. The predicted octanol–water partition coefficient (Wildman–Crippen LogP) is 0.780. The second-order valence-electron chi connectivity index (χ2n) is 3.71. The van der Waals surface area contributed by atoms with Gasteiger partial charge in [0.15, 0.2) is 5.78 Å². The zero-order valence-electron chi connectivity index (χ0n) is 8.69. The molecule has 1 saturated heterocycles. The number of hydrogen-bond acceptors (Lipinski definition) is 3. The molecule has 1 aliphatic rings. The first kappa shape index (κ1) is 11.7. The topological polar surface area (TPSA) is 54.5 Å². The number of Topliss-reactive ketones (excluding diaryl/α,β-unsaturated/α-hetero) is 1. The Kier molecular flexibility index (Phi) is 3.66. The van der Waals surface area contributed by atoms with Crippen molar-refractivity contribution in [1.29, 1.82) is 0 Å². The van der Waals surface area contributed by atoms with Crippen molar-refractivity contribution in [3.63, 3.8) is 0 Å². The third-order valence-electron chi connectivity index (χ3n) is 2.60. The van der Waals surface area contributed by atoms with E-state index in [1.807, 2.05) is 0 Å². The standard InChI is InChI=1S/C9H17NO3S/c1-3-9(11)8-6-4-5-7-10(8)14(2,12)13/h8H,3-7H2,1-2H3/t8-/m1/s1. The van der Waals surface area contributed by atoms with Gasteiger partial charge in [0.25, 0.3) is 0 Å². The molecule has 0 aromatic rings. The van der Waals surface area contributed by atoms with E-state index < -0.39 is 16.1 Å². The fourth-order valence-electron chi connectivity index (χ4n) is 1.86. The molecule has 82 valence electrons. The lowest BCUT2D eigenvalue weighted by atomic mass is 10.00. The molecule has 0 radical (unpaired) electrons. The summed E-state index contributed by atoms with van der Waals surface area (Å²) in [4.78, 5) is 11.5. The van der Waals surface area contributed by atoms with Gasteiger partial charge in [0.1, 0.15) is 0 Å². The van der Waals surface area contributed by atoms with Crippen molar-refractivity contribution in [3.8, 4) is 0 Å². The van der Waals surface area contributed by atoms with Gasteiger partial charge in [0, 0.05) is 13.0 Å². The Balaban J connectivity index is 2.85. The monoisotopic (exact) mass is 219 g/mol. The molecule has 5 heteroatoms. The van der Waals surface area contributed by atoms with Crippen molar-refractivity contribution >= 4 is 15.8 Å². The number of rotatable bonds is 3. The van der Waals surface area contributed by atoms with Crippen molar-refractivity contribution in [2.45, 2.75) is 38.6 Å². The smallest absolute Gasteiger partial charge is 0.211 e. The summed E-state index contributed by atoms with van der Waals surface area (Å²) in [5.74, 6) is 0.0372. The van der Waals surface area contributed by atoms with Crippen molar-refractivity contribution in [2.75, 3.05) is 12.8 Å². The lowest BCUT2D eigenvalue weighted by molar-refractivity contribution is -0.123. The summed E-state index contributed by atoms with van der Waals surface area (Å²) in [5, 5.41) is 0. The lowest BCUT2D eigenvalue weighted by Crippen LogP contribution is -2.47. The summed E-state index contributed by atoms with van der Waals surface area (Å²) in [6.07, 6.45) is 4.08. The second-order valence-corrected chi connectivity index (χ2v) is 5.64. The number of ketones is 1. The number of piperidine rings is 1. The Morgan fingerprint density at radius 1 is 1.43 bits per heavy atom. The van der Waals surface area contributed by atoms with Gasteiger partial charge in [-0.2, -0.15) is 4.31 Å². The van der Waals surface area contributed by atoms with Crippen LogP contribution >= 0.6 is 0 Å². The number of hydrogen-bond donors (Lipinski definition) is 0. The number of carbonyl (C=O) groups is 1. The van der Waals surface area contributed by atoms with Gasteiger partial charge >= 0.3 is 0 Å². The first-order valence-electron chi connectivity index (χ1n) is 4.96. The fourth-order valence-corrected chi connectivity index (χ4v) is 3.01. The van der Waals surface area contributed by atoms with Crippen LogP contribution in [0.4, 0.5) is 0 Å². The maximum Gasteiger partial charge on any atom is 0.211 e. The van der Waals surface area contributed by atoms with Gasteiger partial charge in [0.05, 0.1) is 12.3 Å². The normalized spacial score (nSPS) is 24.9. The van der Waals surface area contributed by atoms with Gasteiger partial charge in [-0.15, -0.1) is 0 Å². The Labute approximate surface area is 85.3 Å². The highest BCUT2D eigenvalue weighted by molar-refractivity contribution is 7.88. The van der Waals surface area contributed by atoms with Gasteiger partial charge in [-0.05, 0) is 12.8 Å². The molecular formula is C9H17NO3S. The minimum atomic E-state index is -3.22. The molecule has 0 amide bonds. The fraction of sp³-hybridized carbons (Fsp3) is 0.889. The van der Waals surface area contributed by atoms with Crippen LogP contribution in [0.15, 0.2) is 0 Å². The van der Waals surface area contributed by atoms with E-state index in [2.05, 4.69) is 0 Å². The van der Waals surface area contributed by atoms with Crippen LogP contribution in [0.5, 0.6) is 0 Å². The minimum absolute atomic E-state index is 0.0372. The molecule has 1 heterocycles. The molecular weight excluding hydrogens is 202 g/mol. The third-order valence-corrected chi connectivity index (χ3v) is 3.89. The van der Waals surface area contributed by atoms with E-state index in [0.717, 1.165) is 12.8 Å². The SMILES string of the molecule is CCC(=O)[C@H]1CCCCN1S(C)(=O)=O. The van der Waals surface area contributed by atoms with Crippen LogP contribution in [0.3, 0.4) is 0 Å². The Hall–Kier alpha value is -0.420. The van der Waals surface area contributed by atoms with Crippen molar-refractivity contribution in [1.82, 2.24) is 4.31 Å². The van der Waals surface area contributed by atoms with E-state index >= 15 is 0 Å². The summed E-state index contributed by atoms with van der Waals surface area (Å²) >= 11 is 0. The van der Waals surface area contributed by atoms with E-state index in [-0.39, 0.29) is 5.78 Å². The van der Waals surface area contributed by atoms with Crippen LogP contribution < -0.4 is 0 Å². The molecule has 0 spiro atoms. The number of carbonyl (C=O) groups excluding carboxylic acids is 1. The van der Waals surface area contributed by atoms with E-state index in [0.29, 0.717) is 19.4 Å². The van der Waals surface area contributed by atoms with Crippen molar-refractivity contribution < 1.29 is 13.2 Å². The summed E-state index contributed by atoms with van der Waals surface area (Å²) in [6.45, 7) is 2.27. The van der Waals surface area contributed by atoms with E-state index in [4.69, 9.17) is 0 Å². The maximum absolute atomic E-state index is 11.5. The van der Waals surface area contributed by atoms with Crippen LogP contribution in [0.1, 0.15) is 32.6 Å². The van der Waals surface area contributed by atoms with Crippen LogP contribution in [0, 0.1) is 0 Å². The van der Waals surface area contributed by atoms with Crippen LogP contribution in [0.2, 0.25) is 0 Å². The Morgan fingerprint density at radius 3 is 2.57 bits per heavy atom. The highest BCUT2D eigenvalue weighted by Crippen LogP contribution is 2.21. The number of nitrogens with zero attached hydrogens (tertiary/aromatic N) is 1. The first-order valence-corrected chi connectivity index (χ1v) is 6.81. The molecule has 1 aliphatic heterocycles. The first-order chi connectivity index (χ1) is 6.46. The molecule has 1 fully saturated rings. The van der Waals surface area contributed by atoms with E-state index in [1.54, 1.807) is 6.92 Å². The molecule has 1 rings (SSSR count). The van der Waals surface area contributed by atoms with Crippen LogP contribution in [0.25, 0.3) is 0 Å². The Morgan fingerprint density at radius 2 is 2.07 bits per heavy atom. The molecule has 14 heavy (non-hydrogen) atoms. The lowest BCUT2D eigenvalue weighted by Gasteiger charge is -2.32. The summed E-state index contributed by atoms with van der Waals surface area (Å²) in [7, 11) is -3.22. The highest BCUT2D eigenvalue weighted by Gasteiger charge is 2.32. The van der Waals surface area contributed by atoms with Gasteiger partial charge in [-0.1, -0.05) is 13.3 Å². The minimum Gasteiger partial charge on any atom is -0.298 e. The average Bonchev–Trinajstić information content (AvgIpc) is 2.15. The maximum atomic E-state index is 11.5. The quantitative estimate of drug-likeness (QED) is 0.705.